The summed E-state index contributed by atoms with van der Waals surface area (Å²) >= 11 is 0. The van der Waals surface area contributed by atoms with Gasteiger partial charge in [-0.15, -0.1) is 0 Å². The van der Waals surface area contributed by atoms with Crippen molar-refractivity contribution in [1.82, 2.24) is 5.32 Å². The number of nitrogens with one attached hydrogen (secondary N) is 1. The van der Waals surface area contributed by atoms with Crippen LogP contribution in [0.4, 0.5) is 13.2 Å². The lowest BCUT2D eigenvalue weighted by Crippen LogP contribution is -2.44. The molecule has 0 radical (unpaired) electrons. The van der Waals surface area contributed by atoms with Gasteiger partial charge in [0.05, 0.1) is 0 Å². The third-order valence-electron chi connectivity index (χ3n) is 4.39. The van der Waals surface area contributed by atoms with Crippen LogP contribution < -0.4 is 5.32 Å². The Bertz CT molecular complexity index is 427. The van der Waals surface area contributed by atoms with Crippen molar-refractivity contribution < 1.29 is 18.3 Å². The highest BCUT2D eigenvalue weighted by Crippen LogP contribution is 2.38. The molecular weight excluding hydrogens is 279 g/mol. The molecule has 1 unspecified atom stereocenters. The molecule has 1 aliphatic carbocycles. The van der Waals surface area contributed by atoms with Gasteiger partial charge in [-0.05, 0) is 18.4 Å². The Morgan fingerprint density at radius 1 is 1.10 bits per heavy atom. The lowest BCUT2D eigenvalue weighted by molar-refractivity contribution is -0.159. The van der Waals surface area contributed by atoms with Crippen LogP contribution in [0.2, 0.25) is 0 Å². The summed E-state index contributed by atoms with van der Waals surface area (Å²) in [7, 11) is 0. The predicted octanol–water partition coefficient (Wildman–Crippen LogP) is 3.82. The molecule has 0 aliphatic heterocycles. The summed E-state index contributed by atoms with van der Waals surface area (Å²) in [4.78, 5) is 0. The lowest BCUT2D eigenvalue weighted by atomic mass is 9.74. The van der Waals surface area contributed by atoms with Crippen molar-refractivity contribution >= 4 is 0 Å². The predicted molar refractivity (Wildman–Crippen MR) is 75.8 cm³/mol. The van der Waals surface area contributed by atoms with E-state index < -0.39 is 17.6 Å². The second-order valence-electron chi connectivity index (χ2n) is 5.98. The standard InChI is InChI=1S/C16H22F3NO/c17-16(18,19)14(13-7-3-1-4-8-13)20-11-15(12-21)9-5-2-6-10-15/h1,3-4,7-8,14,20-21H,2,5-6,9-12H2. The molecule has 1 aromatic rings. The molecule has 0 bridgehead atoms. The lowest BCUT2D eigenvalue weighted by Gasteiger charge is -2.37. The van der Waals surface area contributed by atoms with Crippen LogP contribution in [0.5, 0.6) is 0 Å². The van der Waals surface area contributed by atoms with Crippen LogP contribution >= 0.6 is 0 Å². The molecular formula is C16H22F3NO. The normalized spacial score (nSPS) is 20.2. The maximum atomic E-state index is 13.3. The van der Waals surface area contributed by atoms with Crippen LogP contribution in [-0.4, -0.2) is 24.4 Å². The molecule has 5 heteroatoms. The van der Waals surface area contributed by atoms with E-state index in [2.05, 4.69) is 5.32 Å². The van der Waals surface area contributed by atoms with Crippen LogP contribution in [0.1, 0.15) is 43.7 Å². The highest BCUT2D eigenvalue weighted by molar-refractivity contribution is 5.20. The zero-order valence-corrected chi connectivity index (χ0v) is 12.0. The Morgan fingerprint density at radius 3 is 2.24 bits per heavy atom. The van der Waals surface area contributed by atoms with Gasteiger partial charge in [-0.2, -0.15) is 13.2 Å². The molecule has 1 aliphatic rings. The first-order valence-electron chi connectivity index (χ1n) is 7.43. The zero-order valence-electron chi connectivity index (χ0n) is 12.0. The topological polar surface area (TPSA) is 32.3 Å². The summed E-state index contributed by atoms with van der Waals surface area (Å²) in [5.41, 5.74) is -0.190. The quantitative estimate of drug-likeness (QED) is 0.866. The van der Waals surface area contributed by atoms with Crippen LogP contribution in [0.15, 0.2) is 30.3 Å². The Kier molecular flexibility index (Phi) is 5.27. The molecule has 21 heavy (non-hydrogen) atoms. The number of aliphatic hydroxyl groups excluding tert-OH is 1. The van der Waals surface area contributed by atoms with Gasteiger partial charge >= 0.3 is 6.18 Å². The molecule has 2 rings (SSSR count). The molecule has 1 atom stereocenters. The molecule has 0 amide bonds. The maximum absolute atomic E-state index is 13.3. The van der Waals surface area contributed by atoms with Crippen molar-refractivity contribution in [3.05, 3.63) is 35.9 Å². The monoisotopic (exact) mass is 301 g/mol. The Hall–Kier alpha value is -1.07. The summed E-state index contributed by atoms with van der Waals surface area (Å²) in [6.07, 6.45) is 0.288. The third-order valence-corrected chi connectivity index (χ3v) is 4.39. The molecule has 0 spiro atoms. The SMILES string of the molecule is OCC1(CNC(c2ccccc2)C(F)(F)F)CCCCC1. The van der Waals surface area contributed by atoms with E-state index in [1.165, 1.54) is 12.1 Å². The number of rotatable bonds is 5. The van der Waals surface area contributed by atoms with Crippen LogP contribution in [-0.2, 0) is 0 Å². The van der Waals surface area contributed by atoms with E-state index in [1.54, 1.807) is 18.2 Å². The molecule has 1 aromatic carbocycles. The smallest absolute Gasteiger partial charge is 0.396 e. The Labute approximate surface area is 123 Å². The zero-order chi connectivity index (χ0) is 15.3. The van der Waals surface area contributed by atoms with Crippen molar-refractivity contribution in [2.75, 3.05) is 13.2 Å². The first-order valence-corrected chi connectivity index (χ1v) is 7.43. The minimum absolute atomic E-state index is 0.0562. The molecule has 1 saturated carbocycles. The Morgan fingerprint density at radius 2 is 1.71 bits per heavy atom. The average molecular weight is 301 g/mol. The van der Waals surface area contributed by atoms with E-state index in [-0.39, 0.29) is 18.7 Å². The van der Waals surface area contributed by atoms with Crippen LogP contribution in [0, 0.1) is 5.41 Å². The Balaban J connectivity index is 2.09. The number of hydrogen-bond acceptors (Lipinski definition) is 2. The summed E-state index contributed by atoms with van der Waals surface area (Å²) in [5.74, 6) is 0. The number of alkyl halides is 3. The maximum Gasteiger partial charge on any atom is 0.407 e. The van der Waals surface area contributed by atoms with E-state index in [0.717, 1.165) is 32.1 Å². The van der Waals surface area contributed by atoms with E-state index in [9.17, 15) is 18.3 Å². The number of benzene rings is 1. The number of aliphatic hydroxyl groups is 1. The largest absolute Gasteiger partial charge is 0.407 e. The minimum Gasteiger partial charge on any atom is -0.396 e. The van der Waals surface area contributed by atoms with Gasteiger partial charge in [-0.25, -0.2) is 0 Å². The second kappa shape index (κ2) is 6.79. The highest BCUT2D eigenvalue weighted by atomic mass is 19.4. The fourth-order valence-corrected chi connectivity index (χ4v) is 3.08. The van der Waals surface area contributed by atoms with E-state index in [0.29, 0.717) is 0 Å². The van der Waals surface area contributed by atoms with Crippen molar-refractivity contribution in [2.24, 2.45) is 5.41 Å². The summed E-state index contributed by atoms with van der Waals surface area (Å²) in [6, 6.07) is 6.21. The first kappa shape index (κ1) is 16.3. The van der Waals surface area contributed by atoms with E-state index >= 15 is 0 Å². The van der Waals surface area contributed by atoms with Gasteiger partial charge in [0, 0.05) is 18.6 Å². The van der Waals surface area contributed by atoms with Gasteiger partial charge in [0.25, 0.3) is 0 Å². The molecule has 2 nitrogen and oxygen atoms in total. The van der Waals surface area contributed by atoms with Crippen molar-refractivity contribution in [3.63, 3.8) is 0 Å². The van der Waals surface area contributed by atoms with E-state index in [4.69, 9.17) is 0 Å². The van der Waals surface area contributed by atoms with Crippen LogP contribution in [0.3, 0.4) is 0 Å². The summed E-state index contributed by atoms with van der Waals surface area (Å²) in [6.45, 7) is 0.141. The number of hydrogen-bond donors (Lipinski definition) is 2. The molecule has 0 heterocycles. The third kappa shape index (κ3) is 4.20. The van der Waals surface area contributed by atoms with Crippen molar-refractivity contribution in [2.45, 2.75) is 44.3 Å². The fourth-order valence-electron chi connectivity index (χ4n) is 3.08. The van der Waals surface area contributed by atoms with Crippen molar-refractivity contribution in [1.29, 1.82) is 0 Å². The van der Waals surface area contributed by atoms with Gasteiger partial charge in [0.15, 0.2) is 0 Å². The summed E-state index contributed by atoms with van der Waals surface area (Å²) in [5, 5.41) is 12.3. The molecule has 0 aromatic heterocycles. The fraction of sp³-hybridized carbons (Fsp3) is 0.625. The first-order chi connectivity index (χ1) is 9.97. The summed E-state index contributed by atoms with van der Waals surface area (Å²) < 4.78 is 39.8. The van der Waals surface area contributed by atoms with E-state index in [1.807, 2.05) is 0 Å². The van der Waals surface area contributed by atoms with Gasteiger partial charge in [-0.3, -0.25) is 0 Å². The van der Waals surface area contributed by atoms with Gasteiger partial charge < -0.3 is 10.4 Å². The minimum atomic E-state index is -4.34. The molecule has 0 saturated heterocycles. The highest BCUT2D eigenvalue weighted by Gasteiger charge is 2.42. The van der Waals surface area contributed by atoms with Crippen LogP contribution in [0.25, 0.3) is 0 Å². The average Bonchev–Trinajstić information content (AvgIpc) is 2.48. The molecule has 2 N–H and O–H groups in total. The second-order valence-corrected chi connectivity index (χ2v) is 5.98. The number of halogens is 3. The molecule has 1 fully saturated rings. The van der Waals surface area contributed by atoms with Gasteiger partial charge in [0.1, 0.15) is 6.04 Å². The van der Waals surface area contributed by atoms with Gasteiger partial charge in [-0.1, -0.05) is 49.6 Å². The molecule has 118 valence electrons. The van der Waals surface area contributed by atoms with Gasteiger partial charge in [0.2, 0.25) is 0 Å². The van der Waals surface area contributed by atoms with Crippen molar-refractivity contribution in [3.8, 4) is 0 Å².